The van der Waals surface area contributed by atoms with Crippen LogP contribution in [-0.4, -0.2) is 15.8 Å². The normalized spacial score (nSPS) is 15.2. The van der Waals surface area contributed by atoms with Gasteiger partial charge in [0.2, 0.25) is 0 Å². The second-order valence-corrected chi connectivity index (χ2v) is 7.74. The molecule has 0 aliphatic rings. The van der Waals surface area contributed by atoms with Crippen LogP contribution >= 0.6 is 11.6 Å². The van der Waals surface area contributed by atoms with Crippen LogP contribution in [0.3, 0.4) is 0 Å². The minimum Gasteiger partial charge on any atom is -0.271 e. The van der Waals surface area contributed by atoms with E-state index in [2.05, 4.69) is 45.1 Å². The van der Waals surface area contributed by atoms with Crippen molar-refractivity contribution in [3.63, 3.8) is 0 Å². The van der Waals surface area contributed by atoms with Gasteiger partial charge >= 0.3 is 0 Å². The molecule has 0 bridgehead atoms. The van der Waals surface area contributed by atoms with Crippen molar-refractivity contribution < 1.29 is 0 Å². The van der Waals surface area contributed by atoms with Gasteiger partial charge in [-0.3, -0.25) is 16.0 Å². The first-order valence-electron chi connectivity index (χ1n) is 7.84. The van der Waals surface area contributed by atoms with Gasteiger partial charge in [-0.1, -0.05) is 46.2 Å². The topological polar surface area (TPSA) is 55.9 Å². The molecule has 2 atom stereocenters. The number of aromatic nitrogens is 2. The number of aryl methyl sites for hydroxylation is 2. The minimum absolute atomic E-state index is 0.222. The van der Waals surface area contributed by atoms with Gasteiger partial charge in [-0.05, 0) is 30.6 Å². The van der Waals surface area contributed by atoms with Crippen LogP contribution in [0.1, 0.15) is 58.8 Å². The second-order valence-electron chi connectivity index (χ2n) is 7.36. The van der Waals surface area contributed by atoms with E-state index in [-0.39, 0.29) is 6.04 Å². The average Bonchev–Trinajstić information content (AvgIpc) is 2.62. The fraction of sp³-hybridized carbons (Fsp3) is 0.812. The van der Waals surface area contributed by atoms with Crippen LogP contribution in [0.5, 0.6) is 0 Å². The van der Waals surface area contributed by atoms with E-state index in [4.69, 9.17) is 17.4 Å². The summed E-state index contributed by atoms with van der Waals surface area (Å²) in [5, 5.41) is 5.27. The van der Waals surface area contributed by atoms with E-state index in [1.165, 1.54) is 6.42 Å². The van der Waals surface area contributed by atoms with E-state index in [0.717, 1.165) is 35.7 Å². The Morgan fingerprint density at radius 1 is 1.38 bits per heavy atom. The number of nitrogens with one attached hydrogen (secondary N) is 1. The zero-order chi connectivity index (χ0) is 16.2. The number of hydrogen-bond acceptors (Lipinski definition) is 3. The van der Waals surface area contributed by atoms with E-state index >= 15 is 0 Å². The van der Waals surface area contributed by atoms with E-state index in [1.807, 2.05) is 11.7 Å². The Balaban J connectivity index is 2.72. The summed E-state index contributed by atoms with van der Waals surface area (Å²) >= 11 is 6.42. The van der Waals surface area contributed by atoms with Crippen LogP contribution in [0.25, 0.3) is 0 Å². The summed E-state index contributed by atoms with van der Waals surface area (Å²) in [7, 11) is 1.95. The number of hydrogen-bond donors (Lipinski definition) is 2. The van der Waals surface area contributed by atoms with Gasteiger partial charge in [0.1, 0.15) is 0 Å². The highest BCUT2D eigenvalue weighted by molar-refractivity contribution is 6.31. The zero-order valence-electron chi connectivity index (χ0n) is 14.3. The maximum atomic E-state index is 6.42. The Bertz CT molecular complexity index is 448. The van der Waals surface area contributed by atoms with Crippen molar-refractivity contribution in [2.75, 3.05) is 0 Å². The lowest BCUT2D eigenvalue weighted by Gasteiger charge is -2.26. The molecule has 21 heavy (non-hydrogen) atoms. The molecule has 122 valence electrons. The number of halogens is 1. The Labute approximate surface area is 134 Å². The third kappa shape index (κ3) is 5.61. The molecule has 1 rings (SSSR count). The third-order valence-corrected chi connectivity index (χ3v) is 4.26. The molecule has 2 unspecified atom stereocenters. The van der Waals surface area contributed by atoms with Gasteiger partial charge in [-0.25, -0.2) is 0 Å². The van der Waals surface area contributed by atoms with E-state index in [9.17, 15) is 0 Å². The molecule has 4 nitrogen and oxygen atoms in total. The monoisotopic (exact) mass is 314 g/mol. The largest absolute Gasteiger partial charge is 0.271 e. The summed E-state index contributed by atoms with van der Waals surface area (Å²) in [5.41, 5.74) is 5.33. The van der Waals surface area contributed by atoms with Crippen molar-refractivity contribution in [1.29, 1.82) is 0 Å². The van der Waals surface area contributed by atoms with Gasteiger partial charge in [0.05, 0.1) is 16.4 Å². The third-order valence-electron chi connectivity index (χ3n) is 3.83. The maximum absolute atomic E-state index is 6.42. The molecule has 3 N–H and O–H groups in total. The smallest absolute Gasteiger partial charge is 0.0850 e. The standard InChI is InChI=1S/C16H31ClN4/c1-7-13-15(17)14(21(6)20-13)9-12(19-18)8-11(2)10-16(3,4)5/h11-12,19H,7-10,18H2,1-6H3. The summed E-state index contributed by atoms with van der Waals surface area (Å²) < 4.78 is 1.89. The van der Waals surface area contributed by atoms with Crippen LogP contribution in [-0.2, 0) is 19.9 Å². The van der Waals surface area contributed by atoms with Crippen LogP contribution in [0.15, 0.2) is 0 Å². The molecule has 0 aromatic carbocycles. The van der Waals surface area contributed by atoms with Crippen molar-refractivity contribution in [3.8, 4) is 0 Å². The van der Waals surface area contributed by atoms with Gasteiger partial charge in [0.15, 0.2) is 0 Å². The minimum atomic E-state index is 0.222. The van der Waals surface area contributed by atoms with Gasteiger partial charge in [-0.15, -0.1) is 0 Å². The summed E-state index contributed by atoms with van der Waals surface area (Å²) in [6, 6.07) is 0.222. The number of nitrogens with two attached hydrogens (primary N) is 1. The summed E-state index contributed by atoms with van der Waals surface area (Å²) in [5.74, 6) is 6.36. The van der Waals surface area contributed by atoms with Crippen molar-refractivity contribution in [3.05, 3.63) is 16.4 Å². The van der Waals surface area contributed by atoms with Gasteiger partial charge in [0.25, 0.3) is 0 Å². The van der Waals surface area contributed by atoms with Crippen LogP contribution in [0, 0.1) is 11.3 Å². The SMILES string of the molecule is CCc1nn(C)c(CC(CC(C)CC(C)(C)C)NN)c1Cl. The molecule has 1 aromatic rings. The molecular formula is C16H31ClN4. The van der Waals surface area contributed by atoms with Crippen molar-refractivity contribution in [1.82, 2.24) is 15.2 Å². The number of hydrazine groups is 1. The van der Waals surface area contributed by atoms with Crippen molar-refractivity contribution in [2.24, 2.45) is 24.2 Å². The lowest BCUT2D eigenvalue weighted by atomic mass is 9.82. The number of nitrogens with zero attached hydrogens (tertiary/aromatic N) is 2. The van der Waals surface area contributed by atoms with Crippen molar-refractivity contribution in [2.45, 2.75) is 66.3 Å². The van der Waals surface area contributed by atoms with Crippen LogP contribution < -0.4 is 11.3 Å². The Kier molecular flexibility index (Phi) is 6.70. The molecular weight excluding hydrogens is 284 g/mol. The molecule has 0 aliphatic heterocycles. The highest BCUT2D eigenvalue weighted by atomic mass is 35.5. The molecule has 0 saturated carbocycles. The maximum Gasteiger partial charge on any atom is 0.0850 e. The number of rotatable bonds is 7. The predicted molar refractivity (Wildman–Crippen MR) is 90.3 cm³/mol. The summed E-state index contributed by atoms with van der Waals surface area (Å²) in [4.78, 5) is 0. The molecule has 5 heteroatoms. The van der Waals surface area contributed by atoms with E-state index in [1.54, 1.807) is 0 Å². The van der Waals surface area contributed by atoms with E-state index < -0.39 is 0 Å². The molecule has 0 saturated heterocycles. The molecule has 0 aliphatic carbocycles. The molecule has 0 fully saturated rings. The molecule has 0 radical (unpaired) electrons. The highest BCUT2D eigenvalue weighted by Crippen LogP contribution is 2.28. The first kappa shape index (κ1) is 18.5. The lowest BCUT2D eigenvalue weighted by molar-refractivity contribution is 0.273. The zero-order valence-corrected chi connectivity index (χ0v) is 15.1. The quantitative estimate of drug-likeness (QED) is 0.598. The van der Waals surface area contributed by atoms with Crippen LogP contribution in [0.2, 0.25) is 5.02 Å². The predicted octanol–water partition coefficient (Wildman–Crippen LogP) is 3.47. The summed E-state index contributed by atoms with van der Waals surface area (Å²) in [6.07, 6.45) is 3.89. The van der Waals surface area contributed by atoms with Crippen LogP contribution in [0.4, 0.5) is 0 Å². The molecule has 0 amide bonds. The Morgan fingerprint density at radius 2 is 2.00 bits per heavy atom. The fourth-order valence-electron chi connectivity index (χ4n) is 3.10. The molecule has 1 heterocycles. The summed E-state index contributed by atoms with van der Waals surface area (Å²) in [6.45, 7) is 11.2. The van der Waals surface area contributed by atoms with Gasteiger partial charge in [0, 0.05) is 19.5 Å². The molecule has 0 spiro atoms. The fourth-order valence-corrected chi connectivity index (χ4v) is 3.47. The highest BCUT2D eigenvalue weighted by Gasteiger charge is 2.21. The van der Waals surface area contributed by atoms with Crippen molar-refractivity contribution >= 4 is 11.6 Å². The Morgan fingerprint density at radius 3 is 2.43 bits per heavy atom. The first-order chi connectivity index (χ1) is 9.67. The van der Waals surface area contributed by atoms with Gasteiger partial charge in [-0.2, -0.15) is 5.10 Å². The van der Waals surface area contributed by atoms with Gasteiger partial charge < -0.3 is 0 Å². The molecule has 1 aromatic heterocycles. The average molecular weight is 315 g/mol. The Hall–Kier alpha value is -0.580. The van der Waals surface area contributed by atoms with E-state index in [0.29, 0.717) is 11.3 Å². The first-order valence-corrected chi connectivity index (χ1v) is 8.22. The lowest BCUT2D eigenvalue weighted by Crippen LogP contribution is -2.38. The second kappa shape index (κ2) is 7.61.